The molecule has 0 aliphatic carbocycles. The number of carbonyl (C=O) groups excluding carboxylic acids is 2. The van der Waals surface area contributed by atoms with Crippen LogP contribution in [0.1, 0.15) is 42.1 Å². The number of nitrogens with zero attached hydrogens (tertiary/aromatic N) is 1. The van der Waals surface area contributed by atoms with Gasteiger partial charge in [-0.1, -0.05) is 25.1 Å². The number of amides is 2. The molecule has 0 aromatic heterocycles. The van der Waals surface area contributed by atoms with Crippen LogP contribution in [0.25, 0.3) is 0 Å². The number of rotatable bonds is 5. The second kappa shape index (κ2) is 8.78. The molecule has 0 bridgehead atoms. The van der Waals surface area contributed by atoms with Gasteiger partial charge in [-0.3, -0.25) is 9.59 Å². The third kappa shape index (κ3) is 4.51. The van der Waals surface area contributed by atoms with Gasteiger partial charge in [0.2, 0.25) is 5.91 Å². The monoisotopic (exact) mass is 391 g/mol. The van der Waals surface area contributed by atoms with Crippen LogP contribution in [-0.4, -0.2) is 31.4 Å². The Morgan fingerprint density at radius 1 is 1.17 bits per heavy atom. The van der Waals surface area contributed by atoms with E-state index in [4.69, 9.17) is 0 Å². The maximum Gasteiger partial charge on any atom is 0.258 e. The first-order chi connectivity index (χ1) is 14.1. The van der Waals surface area contributed by atoms with Gasteiger partial charge in [0.15, 0.2) is 0 Å². The van der Waals surface area contributed by atoms with Gasteiger partial charge in [0, 0.05) is 29.9 Å². The Bertz CT molecular complexity index is 872. The molecule has 2 aromatic carbocycles. The minimum atomic E-state index is 0.00578. The summed E-state index contributed by atoms with van der Waals surface area (Å²) in [7, 11) is 0. The van der Waals surface area contributed by atoms with Gasteiger partial charge in [-0.2, -0.15) is 0 Å². The lowest BCUT2D eigenvalue weighted by atomic mass is 9.85. The molecule has 2 aliphatic rings. The molecule has 0 spiro atoms. The minimum Gasteiger partial charge on any atom is -0.326 e. The van der Waals surface area contributed by atoms with Crippen LogP contribution < -0.4 is 15.5 Å². The zero-order chi connectivity index (χ0) is 20.2. The molecule has 0 radical (unpaired) electrons. The van der Waals surface area contributed by atoms with Crippen molar-refractivity contribution in [3.8, 4) is 0 Å². The van der Waals surface area contributed by atoms with E-state index in [9.17, 15) is 9.59 Å². The van der Waals surface area contributed by atoms with Gasteiger partial charge in [0.25, 0.3) is 5.91 Å². The van der Waals surface area contributed by atoms with Crippen molar-refractivity contribution in [1.82, 2.24) is 5.32 Å². The van der Waals surface area contributed by atoms with Crippen LogP contribution in [0.15, 0.2) is 48.5 Å². The summed E-state index contributed by atoms with van der Waals surface area (Å²) in [5, 5.41) is 6.40. The summed E-state index contributed by atoms with van der Waals surface area (Å²) in [6.45, 7) is 4.96. The topological polar surface area (TPSA) is 61.4 Å². The van der Waals surface area contributed by atoms with E-state index in [1.165, 1.54) is 18.4 Å². The quantitative estimate of drug-likeness (QED) is 0.814. The van der Waals surface area contributed by atoms with Gasteiger partial charge in [0.1, 0.15) is 0 Å². The van der Waals surface area contributed by atoms with Gasteiger partial charge in [0.05, 0.1) is 0 Å². The van der Waals surface area contributed by atoms with E-state index < -0.39 is 0 Å². The summed E-state index contributed by atoms with van der Waals surface area (Å²) in [6, 6.07) is 15.3. The summed E-state index contributed by atoms with van der Waals surface area (Å²) in [5.74, 6) is 0.971. The lowest BCUT2D eigenvalue weighted by Crippen LogP contribution is -2.34. The first-order valence-corrected chi connectivity index (χ1v) is 10.6. The zero-order valence-electron chi connectivity index (χ0n) is 17.0. The van der Waals surface area contributed by atoms with Crippen molar-refractivity contribution in [2.45, 2.75) is 32.6 Å². The summed E-state index contributed by atoms with van der Waals surface area (Å²) >= 11 is 0. The highest BCUT2D eigenvalue weighted by atomic mass is 16.2. The van der Waals surface area contributed by atoms with Gasteiger partial charge in [-0.15, -0.1) is 0 Å². The fourth-order valence-corrected chi connectivity index (χ4v) is 4.44. The maximum atomic E-state index is 12.9. The standard InChI is InChI=1S/C24H29N3O2/c1-17(20-6-4-13-25-16-20)15-23(28)26-21-10-8-19(9-11-21)24(29)27-14-12-18-5-2-3-7-22(18)27/h2-3,5,7-11,17,20,25H,4,6,12-16H2,1H3,(H,26,28). The fourth-order valence-electron chi connectivity index (χ4n) is 4.44. The van der Waals surface area contributed by atoms with E-state index in [-0.39, 0.29) is 11.8 Å². The van der Waals surface area contributed by atoms with Crippen molar-refractivity contribution in [1.29, 1.82) is 0 Å². The predicted octanol–water partition coefficient (Wildman–Crippen LogP) is 3.85. The summed E-state index contributed by atoms with van der Waals surface area (Å²) < 4.78 is 0. The number of piperidine rings is 1. The smallest absolute Gasteiger partial charge is 0.258 e. The molecule has 29 heavy (non-hydrogen) atoms. The summed E-state index contributed by atoms with van der Waals surface area (Å²) in [6.07, 6.45) is 3.80. The highest BCUT2D eigenvalue weighted by molar-refractivity contribution is 6.07. The molecule has 5 heteroatoms. The highest BCUT2D eigenvalue weighted by Crippen LogP contribution is 2.29. The number of nitrogens with one attached hydrogen (secondary N) is 2. The van der Waals surface area contributed by atoms with Gasteiger partial charge < -0.3 is 15.5 Å². The molecule has 2 N–H and O–H groups in total. The minimum absolute atomic E-state index is 0.00578. The molecule has 4 rings (SSSR count). The Labute approximate surface area is 172 Å². The summed E-state index contributed by atoms with van der Waals surface area (Å²) in [4.78, 5) is 27.2. The van der Waals surface area contributed by atoms with E-state index in [0.717, 1.165) is 30.9 Å². The Kier molecular flexibility index (Phi) is 5.95. The Morgan fingerprint density at radius 2 is 1.97 bits per heavy atom. The van der Waals surface area contributed by atoms with Gasteiger partial charge >= 0.3 is 0 Å². The van der Waals surface area contributed by atoms with Crippen LogP contribution in [-0.2, 0) is 11.2 Å². The molecule has 2 aromatic rings. The average Bonchev–Trinajstić information content (AvgIpc) is 3.18. The van der Waals surface area contributed by atoms with Crippen molar-refractivity contribution < 1.29 is 9.59 Å². The number of hydrogen-bond donors (Lipinski definition) is 2. The van der Waals surface area contributed by atoms with Crippen LogP contribution in [0.4, 0.5) is 11.4 Å². The van der Waals surface area contributed by atoms with Crippen molar-refractivity contribution in [2.24, 2.45) is 11.8 Å². The first-order valence-electron chi connectivity index (χ1n) is 10.6. The molecule has 152 valence electrons. The van der Waals surface area contributed by atoms with Gasteiger partial charge in [-0.05, 0) is 80.1 Å². The summed E-state index contributed by atoms with van der Waals surface area (Å²) in [5.41, 5.74) is 3.59. The molecule has 5 nitrogen and oxygen atoms in total. The number of hydrogen-bond acceptors (Lipinski definition) is 3. The molecule has 1 fully saturated rings. The molecule has 1 saturated heterocycles. The molecular formula is C24H29N3O2. The third-order valence-corrected chi connectivity index (χ3v) is 6.20. The Hall–Kier alpha value is -2.66. The normalized spacial score (nSPS) is 19.5. The van der Waals surface area contributed by atoms with E-state index in [2.05, 4.69) is 23.6 Å². The Morgan fingerprint density at radius 3 is 2.72 bits per heavy atom. The highest BCUT2D eigenvalue weighted by Gasteiger charge is 2.25. The lowest BCUT2D eigenvalue weighted by Gasteiger charge is -2.28. The molecule has 2 aliphatic heterocycles. The molecule has 2 heterocycles. The van der Waals surface area contributed by atoms with E-state index >= 15 is 0 Å². The average molecular weight is 392 g/mol. The Balaban J connectivity index is 1.34. The molecular weight excluding hydrogens is 362 g/mol. The first kappa shape index (κ1) is 19.6. The second-order valence-corrected chi connectivity index (χ2v) is 8.25. The predicted molar refractivity (Wildman–Crippen MR) is 116 cm³/mol. The lowest BCUT2D eigenvalue weighted by molar-refractivity contribution is -0.117. The zero-order valence-corrected chi connectivity index (χ0v) is 17.0. The van der Waals surface area contributed by atoms with Crippen molar-refractivity contribution in [3.05, 3.63) is 59.7 Å². The molecule has 2 atom stereocenters. The SMILES string of the molecule is CC(CC(=O)Nc1ccc(C(=O)N2CCc3ccccc32)cc1)C1CCCNC1. The van der Waals surface area contributed by atoms with Crippen LogP contribution in [0.2, 0.25) is 0 Å². The van der Waals surface area contributed by atoms with Crippen LogP contribution >= 0.6 is 0 Å². The van der Waals surface area contributed by atoms with Crippen molar-refractivity contribution in [3.63, 3.8) is 0 Å². The van der Waals surface area contributed by atoms with Gasteiger partial charge in [-0.25, -0.2) is 0 Å². The van der Waals surface area contributed by atoms with Crippen LogP contribution in [0.3, 0.4) is 0 Å². The fraction of sp³-hybridized carbons (Fsp3) is 0.417. The molecule has 2 unspecified atom stereocenters. The third-order valence-electron chi connectivity index (χ3n) is 6.20. The maximum absolute atomic E-state index is 12.9. The molecule has 0 saturated carbocycles. The number of carbonyl (C=O) groups is 2. The second-order valence-electron chi connectivity index (χ2n) is 8.25. The van der Waals surface area contributed by atoms with Crippen molar-refractivity contribution >= 4 is 23.2 Å². The number of fused-ring (bicyclic) bond motifs is 1. The number of anilines is 2. The van der Waals surface area contributed by atoms with Crippen LogP contribution in [0, 0.1) is 11.8 Å². The number of para-hydroxylation sites is 1. The number of benzene rings is 2. The molecule has 2 amide bonds. The largest absolute Gasteiger partial charge is 0.326 e. The van der Waals surface area contributed by atoms with E-state index in [0.29, 0.717) is 30.4 Å². The van der Waals surface area contributed by atoms with E-state index in [1.807, 2.05) is 35.2 Å². The van der Waals surface area contributed by atoms with E-state index in [1.54, 1.807) is 12.1 Å². The van der Waals surface area contributed by atoms with Crippen LogP contribution in [0.5, 0.6) is 0 Å². The van der Waals surface area contributed by atoms with Crippen molar-refractivity contribution in [2.75, 3.05) is 29.9 Å².